The number of rotatable bonds is 5. The molecule has 2 heterocycles. The maximum Gasteiger partial charge on any atom is 0.335 e. The van der Waals surface area contributed by atoms with E-state index in [1.807, 2.05) is 0 Å². The van der Waals surface area contributed by atoms with Crippen molar-refractivity contribution in [3.8, 4) is 0 Å². The first-order chi connectivity index (χ1) is 12.9. The number of carboxylic acids is 1. The first kappa shape index (κ1) is 19.5. The Labute approximate surface area is 153 Å². The Morgan fingerprint density at radius 3 is 2.63 bits per heavy atom. The standard InChI is InChI=1S/C12H12FN3O2.C5H5N3O/c1-14-11-5-15-16(7-11)6-8-2-9(12(17)18)4-10(13)3-8;6-5-4(3-9)7-1-2-8-5/h2-5,7,14H,6H2,1H3,(H,17,18);1-3H,(H2,6,8). The fourth-order valence-corrected chi connectivity index (χ4v) is 2.08. The number of nitrogens with one attached hydrogen (secondary N) is 1. The highest BCUT2D eigenvalue weighted by Crippen LogP contribution is 2.12. The number of halogens is 1. The Morgan fingerprint density at radius 2 is 2.07 bits per heavy atom. The van der Waals surface area contributed by atoms with E-state index in [0.29, 0.717) is 18.4 Å². The maximum atomic E-state index is 13.3. The zero-order chi connectivity index (χ0) is 19.8. The second kappa shape index (κ2) is 9.04. The molecule has 0 atom stereocenters. The van der Waals surface area contributed by atoms with Crippen LogP contribution in [-0.2, 0) is 6.54 Å². The number of aldehydes is 1. The number of nitrogens with zero attached hydrogens (tertiary/aromatic N) is 4. The fraction of sp³-hybridized carbons (Fsp3) is 0.118. The van der Waals surface area contributed by atoms with E-state index in [1.165, 1.54) is 24.5 Å². The van der Waals surface area contributed by atoms with E-state index >= 15 is 0 Å². The van der Waals surface area contributed by atoms with E-state index in [0.717, 1.165) is 11.8 Å². The fourth-order valence-electron chi connectivity index (χ4n) is 2.08. The summed E-state index contributed by atoms with van der Waals surface area (Å²) < 4.78 is 14.9. The van der Waals surface area contributed by atoms with Crippen LogP contribution in [0.1, 0.15) is 26.4 Å². The van der Waals surface area contributed by atoms with Crippen LogP contribution in [0.25, 0.3) is 0 Å². The van der Waals surface area contributed by atoms with Gasteiger partial charge in [-0.15, -0.1) is 0 Å². The summed E-state index contributed by atoms with van der Waals surface area (Å²) in [6, 6.07) is 3.73. The lowest BCUT2D eigenvalue weighted by Gasteiger charge is -2.04. The van der Waals surface area contributed by atoms with Gasteiger partial charge in [0.2, 0.25) is 0 Å². The SMILES string of the molecule is CNc1cnn(Cc2cc(F)cc(C(=O)O)c2)c1.Nc1nccnc1C=O. The molecule has 4 N–H and O–H groups in total. The molecule has 2 aromatic heterocycles. The summed E-state index contributed by atoms with van der Waals surface area (Å²) in [6.45, 7) is 0.319. The number of nitrogens with two attached hydrogens (primary N) is 1. The van der Waals surface area contributed by atoms with Crippen molar-refractivity contribution in [2.24, 2.45) is 0 Å². The van der Waals surface area contributed by atoms with Crippen molar-refractivity contribution in [2.75, 3.05) is 18.1 Å². The molecule has 0 unspecified atom stereocenters. The number of hydrogen-bond acceptors (Lipinski definition) is 7. The maximum absolute atomic E-state index is 13.3. The lowest BCUT2D eigenvalue weighted by atomic mass is 10.1. The largest absolute Gasteiger partial charge is 0.478 e. The molecule has 0 bridgehead atoms. The average Bonchev–Trinajstić information content (AvgIpc) is 3.09. The van der Waals surface area contributed by atoms with Crippen LogP contribution >= 0.6 is 0 Å². The Bertz CT molecular complexity index is 944. The molecule has 140 valence electrons. The molecule has 10 heteroatoms. The van der Waals surface area contributed by atoms with Gasteiger partial charge < -0.3 is 16.2 Å². The van der Waals surface area contributed by atoms with Gasteiger partial charge in [0.05, 0.1) is 24.0 Å². The highest BCUT2D eigenvalue weighted by Gasteiger charge is 2.08. The van der Waals surface area contributed by atoms with Crippen molar-refractivity contribution in [3.05, 3.63) is 65.6 Å². The molecule has 0 aliphatic carbocycles. The molecule has 0 aliphatic rings. The van der Waals surface area contributed by atoms with E-state index in [4.69, 9.17) is 10.8 Å². The van der Waals surface area contributed by atoms with Gasteiger partial charge in [0, 0.05) is 25.6 Å². The molecule has 0 fully saturated rings. The molecule has 0 radical (unpaired) electrons. The molecule has 0 amide bonds. The Hall–Kier alpha value is -3.82. The molecule has 27 heavy (non-hydrogen) atoms. The lowest BCUT2D eigenvalue weighted by molar-refractivity contribution is 0.0696. The topological polar surface area (TPSA) is 136 Å². The van der Waals surface area contributed by atoms with E-state index in [1.54, 1.807) is 24.1 Å². The van der Waals surface area contributed by atoms with Gasteiger partial charge in [-0.25, -0.2) is 19.2 Å². The molecule has 9 nitrogen and oxygen atoms in total. The predicted molar refractivity (Wildman–Crippen MR) is 96.1 cm³/mol. The summed E-state index contributed by atoms with van der Waals surface area (Å²) in [4.78, 5) is 28.1. The minimum Gasteiger partial charge on any atom is -0.478 e. The van der Waals surface area contributed by atoms with Crippen molar-refractivity contribution in [1.29, 1.82) is 0 Å². The van der Waals surface area contributed by atoms with Crippen LogP contribution in [0, 0.1) is 5.82 Å². The number of carbonyl (C=O) groups excluding carboxylic acids is 1. The van der Waals surface area contributed by atoms with E-state index in [-0.39, 0.29) is 17.1 Å². The third-order valence-corrected chi connectivity index (χ3v) is 3.34. The van der Waals surface area contributed by atoms with E-state index < -0.39 is 11.8 Å². The third-order valence-electron chi connectivity index (χ3n) is 3.34. The summed E-state index contributed by atoms with van der Waals surface area (Å²) in [5, 5.41) is 15.8. The van der Waals surface area contributed by atoms with Crippen LogP contribution in [0.3, 0.4) is 0 Å². The normalized spacial score (nSPS) is 9.85. The zero-order valence-corrected chi connectivity index (χ0v) is 14.3. The molecular weight excluding hydrogens is 355 g/mol. The average molecular weight is 372 g/mol. The highest BCUT2D eigenvalue weighted by molar-refractivity contribution is 5.87. The second-order valence-electron chi connectivity index (χ2n) is 5.27. The number of benzene rings is 1. The summed E-state index contributed by atoms with van der Waals surface area (Å²) in [6.07, 6.45) is 6.81. The van der Waals surface area contributed by atoms with Crippen molar-refractivity contribution < 1.29 is 19.1 Å². The molecule has 0 aliphatic heterocycles. The number of anilines is 2. The van der Waals surface area contributed by atoms with Gasteiger partial charge in [-0.2, -0.15) is 5.10 Å². The van der Waals surface area contributed by atoms with Gasteiger partial charge in [-0.1, -0.05) is 0 Å². The molecule has 0 spiro atoms. The monoisotopic (exact) mass is 372 g/mol. The van der Waals surface area contributed by atoms with Crippen LogP contribution < -0.4 is 11.1 Å². The van der Waals surface area contributed by atoms with Gasteiger partial charge in [-0.3, -0.25) is 9.48 Å². The van der Waals surface area contributed by atoms with Gasteiger partial charge in [-0.05, 0) is 23.8 Å². The number of aromatic carboxylic acids is 1. The highest BCUT2D eigenvalue weighted by atomic mass is 19.1. The number of aromatic nitrogens is 4. The van der Waals surface area contributed by atoms with Gasteiger partial charge >= 0.3 is 5.97 Å². The summed E-state index contributed by atoms with van der Waals surface area (Å²) in [5.41, 5.74) is 6.75. The van der Waals surface area contributed by atoms with Gasteiger partial charge in [0.25, 0.3) is 0 Å². The Balaban J connectivity index is 0.000000244. The molecule has 0 saturated carbocycles. The molecule has 3 rings (SSSR count). The number of nitrogen functional groups attached to an aromatic ring is 1. The zero-order valence-electron chi connectivity index (χ0n) is 14.3. The van der Waals surface area contributed by atoms with E-state index in [2.05, 4.69) is 20.4 Å². The third kappa shape index (κ3) is 5.59. The lowest BCUT2D eigenvalue weighted by Crippen LogP contribution is -2.04. The molecular formula is C17H17FN6O3. The van der Waals surface area contributed by atoms with Gasteiger partial charge in [0.1, 0.15) is 11.5 Å². The second-order valence-corrected chi connectivity index (χ2v) is 5.27. The minimum atomic E-state index is -1.15. The number of hydrogen-bond donors (Lipinski definition) is 3. The van der Waals surface area contributed by atoms with Crippen molar-refractivity contribution in [3.63, 3.8) is 0 Å². The van der Waals surface area contributed by atoms with Crippen LogP contribution in [0.5, 0.6) is 0 Å². The molecule has 3 aromatic rings. The molecule has 0 saturated heterocycles. The first-order valence-electron chi connectivity index (χ1n) is 7.67. The van der Waals surface area contributed by atoms with Crippen molar-refractivity contribution in [2.45, 2.75) is 6.54 Å². The predicted octanol–water partition coefficient (Wildman–Crippen LogP) is 1.68. The smallest absolute Gasteiger partial charge is 0.335 e. The van der Waals surface area contributed by atoms with Crippen LogP contribution in [0.2, 0.25) is 0 Å². The van der Waals surface area contributed by atoms with Crippen LogP contribution in [0.15, 0.2) is 43.0 Å². The van der Waals surface area contributed by atoms with Gasteiger partial charge in [0.15, 0.2) is 12.1 Å². The van der Waals surface area contributed by atoms with Crippen LogP contribution in [0.4, 0.5) is 15.9 Å². The van der Waals surface area contributed by atoms with E-state index in [9.17, 15) is 14.0 Å². The first-order valence-corrected chi connectivity index (χ1v) is 7.67. The number of carbonyl (C=O) groups is 2. The summed E-state index contributed by atoms with van der Waals surface area (Å²) >= 11 is 0. The minimum absolute atomic E-state index is 0.0639. The Kier molecular flexibility index (Phi) is 6.53. The van der Waals surface area contributed by atoms with Crippen LogP contribution in [-0.4, -0.2) is 44.2 Å². The van der Waals surface area contributed by atoms with Crippen molar-refractivity contribution >= 4 is 23.8 Å². The quantitative estimate of drug-likeness (QED) is 0.576. The summed E-state index contributed by atoms with van der Waals surface area (Å²) in [7, 11) is 1.77. The van der Waals surface area contributed by atoms with Crippen molar-refractivity contribution in [1.82, 2.24) is 19.7 Å². The molecule has 1 aromatic carbocycles. The Morgan fingerprint density at radius 1 is 1.33 bits per heavy atom. The number of carboxylic acid groups (broad SMARTS) is 1. The summed E-state index contributed by atoms with van der Waals surface area (Å²) in [5.74, 6) is -1.54.